The number of ether oxygens (including phenoxy) is 3. The zero-order chi connectivity index (χ0) is 24.6. The second-order valence-electron chi connectivity index (χ2n) is 6.52. The molecule has 0 aliphatic carbocycles. The first-order valence-corrected chi connectivity index (χ1v) is 9.75. The van der Waals surface area contributed by atoms with E-state index in [0.29, 0.717) is 23.3 Å². The van der Waals surface area contributed by atoms with E-state index in [1.54, 1.807) is 18.2 Å². The van der Waals surface area contributed by atoms with Crippen LogP contribution in [0.2, 0.25) is 5.02 Å². The number of carbonyl (C=O) groups is 3. The van der Waals surface area contributed by atoms with Crippen LogP contribution in [-0.4, -0.2) is 38.6 Å². The summed E-state index contributed by atoms with van der Waals surface area (Å²) in [4.78, 5) is 35.8. The van der Waals surface area contributed by atoms with Crippen LogP contribution in [0.25, 0.3) is 0 Å². The molecule has 0 saturated heterocycles. The number of esters is 1. The maximum absolute atomic E-state index is 12.8. The molecule has 0 aliphatic rings. The molecule has 0 spiro atoms. The number of methoxy groups -OCH3 is 2. The molecule has 0 radical (unpaired) electrons. The largest absolute Gasteiger partial charge is 0.497 e. The van der Waals surface area contributed by atoms with Gasteiger partial charge in [-0.2, -0.15) is 13.2 Å². The third kappa shape index (κ3) is 7.86. The van der Waals surface area contributed by atoms with Crippen LogP contribution in [0, 0.1) is 0 Å². The Balaban J connectivity index is 1.81. The van der Waals surface area contributed by atoms with Gasteiger partial charge in [-0.05, 0) is 30.3 Å². The molecule has 178 valence electrons. The van der Waals surface area contributed by atoms with Crippen molar-refractivity contribution in [2.24, 2.45) is 0 Å². The molecule has 8 nitrogen and oxygen atoms in total. The molecule has 0 unspecified atom stereocenters. The van der Waals surface area contributed by atoms with Gasteiger partial charge in [-0.3, -0.25) is 14.4 Å². The molecule has 0 aromatic heterocycles. The lowest BCUT2D eigenvalue weighted by molar-refractivity contribution is -0.147. The minimum absolute atomic E-state index is 0.0930. The number of halogens is 4. The van der Waals surface area contributed by atoms with Gasteiger partial charge in [0.05, 0.1) is 42.6 Å². The summed E-state index contributed by atoms with van der Waals surface area (Å²) in [6, 6.07) is 7.17. The number of carbonyl (C=O) groups excluding carboxylic acids is 3. The zero-order valence-corrected chi connectivity index (χ0v) is 18.3. The zero-order valence-electron chi connectivity index (χ0n) is 17.5. The van der Waals surface area contributed by atoms with Gasteiger partial charge in [-0.15, -0.1) is 0 Å². The Hall–Kier alpha value is -3.47. The van der Waals surface area contributed by atoms with Crippen molar-refractivity contribution in [2.45, 2.75) is 19.0 Å². The summed E-state index contributed by atoms with van der Waals surface area (Å²) in [5.74, 6) is -1.40. The van der Waals surface area contributed by atoms with Crippen LogP contribution >= 0.6 is 11.6 Å². The predicted octanol–water partition coefficient (Wildman–Crippen LogP) is 4.28. The van der Waals surface area contributed by atoms with E-state index in [1.807, 2.05) is 0 Å². The number of anilines is 2. The summed E-state index contributed by atoms with van der Waals surface area (Å²) in [7, 11) is 2.88. The van der Waals surface area contributed by atoms with Crippen molar-refractivity contribution in [3.05, 3.63) is 47.0 Å². The first kappa shape index (κ1) is 25.8. The molecule has 2 amide bonds. The quantitative estimate of drug-likeness (QED) is 0.511. The number of amides is 2. The fourth-order valence-corrected chi connectivity index (χ4v) is 2.70. The van der Waals surface area contributed by atoms with E-state index in [1.165, 1.54) is 14.2 Å². The highest BCUT2D eigenvalue weighted by atomic mass is 35.5. The maximum atomic E-state index is 12.8. The van der Waals surface area contributed by atoms with Crippen molar-refractivity contribution < 1.29 is 41.8 Å². The Morgan fingerprint density at radius 2 is 1.61 bits per heavy atom. The Labute approximate surface area is 191 Å². The summed E-state index contributed by atoms with van der Waals surface area (Å²) in [5.41, 5.74) is -0.893. The predicted molar refractivity (Wildman–Crippen MR) is 113 cm³/mol. The second kappa shape index (κ2) is 11.4. The van der Waals surface area contributed by atoms with E-state index in [0.717, 1.165) is 12.1 Å². The smallest absolute Gasteiger partial charge is 0.416 e. The molecule has 0 aliphatic heterocycles. The summed E-state index contributed by atoms with van der Waals surface area (Å²) in [5, 5.41) is 4.63. The molecule has 0 bridgehead atoms. The number of alkyl halides is 3. The molecule has 0 atom stereocenters. The van der Waals surface area contributed by atoms with Crippen LogP contribution in [0.4, 0.5) is 24.5 Å². The van der Waals surface area contributed by atoms with Gasteiger partial charge in [-0.1, -0.05) is 11.6 Å². The molecular weight excluding hydrogens is 469 g/mol. The van der Waals surface area contributed by atoms with E-state index in [9.17, 15) is 27.6 Å². The van der Waals surface area contributed by atoms with Crippen molar-refractivity contribution >= 4 is 40.8 Å². The van der Waals surface area contributed by atoms with Crippen molar-refractivity contribution in [1.29, 1.82) is 0 Å². The Morgan fingerprint density at radius 3 is 2.24 bits per heavy atom. The molecule has 2 aromatic rings. The average Bonchev–Trinajstić information content (AvgIpc) is 2.77. The Morgan fingerprint density at radius 1 is 0.909 bits per heavy atom. The van der Waals surface area contributed by atoms with Crippen LogP contribution in [0.1, 0.15) is 18.4 Å². The van der Waals surface area contributed by atoms with Gasteiger partial charge < -0.3 is 24.8 Å². The van der Waals surface area contributed by atoms with E-state index in [4.69, 9.17) is 25.8 Å². The number of hydrogen-bond donors (Lipinski definition) is 2. The van der Waals surface area contributed by atoms with Crippen LogP contribution in [0.3, 0.4) is 0 Å². The average molecular weight is 489 g/mol. The monoisotopic (exact) mass is 488 g/mol. The van der Waals surface area contributed by atoms with Crippen molar-refractivity contribution in [3.8, 4) is 11.5 Å². The number of nitrogens with one attached hydrogen (secondary N) is 2. The van der Waals surface area contributed by atoms with E-state index in [2.05, 4.69) is 10.6 Å². The standard InChI is InChI=1S/C21H20ClF3N2O6/c1-31-13-4-6-15(17(10-13)32-2)26-19(29)11-33-20(30)8-7-18(28)27-16-9-12(21(23,24)25)3-5-14(16)22/h3-6,9-10H,7-8,11H2,1-2H3,(H,26,29)(H,27,28). The van der Waals surface area contributed by atoms with Crippen molar-refractivity contribution in [1.82, 2.24) is 0 Å². The fraction of sp³-hybridized carbons (Fsp3) is 0.286. The number of rotatable bonds is 9. The van der Waals surface area contributed by atoms with Crippen LogP contribution < -0.4 is 20.1 Å². The normalized spacial score (nSPS) is 10.8. The maximum Gasteiger partial charge on any atom is 0.416 e. The van der Waals surface area contributed by atoms with Gasteiger partial charge in [0.2, 0.25) is 5.91 Å². The minimum atomic E-state index is -4.61. The molecule has 2 N–H and O–H groups in total. The van der Waals surface area contributed by atoms with Gasteiger partial charge in [0.25, 0.3) is 5.91 Å². The highest BCUT2D eigenvalue weighted by molar-refractivity contribution is 6.33. The van der Waals surface area contributed by atoms with Gasteiger partial charge in [0, 0.05) is 12.5 Å². The molecule has 12 heteroatoms. The van der Waals surface area contributed by atoms with Gasteiger partial charge >= 0.3 is 12.1 Å². The van der Waals surface area contributed by atoms with Gasteiger partial charge in [0.15, 0.2) is 6.61 Å². The lowest BCUT2D eigenvalue weighted by Crippen LogP contribution is -2.22. The number of hydrogen-bond acceptors (Lipinski definition) is 6. The lowest BCUT2D eigenvalue weighted by Gasteiger charge is -2.12. The van der Waals surface area contributed by atoms with Gasteiger partial charge in [0.1, 0.15) is 11.5 Å². The molecule has 2 aromatic carbocycles. The minimum Gasteiger partial charge on any atom is -0.497 e. The highest BCUT2D eigenvalue weighted by Crippen LogP contribution is 2.34. The van der Waals surface area contributed by atoms with E-state index >= 15 is 0 Å². The molecule has 0 saturated carbocycles. The van der Waals surface area contributed by atoms with E-state index < -0.39 is 42.6 Å². The Kier molecular flexibility index (Phi) is 8.92. The SMILES string of the molecule is COc1ccc(NC(=O)COC(=O)CCC(=O)Nc2cc(C(F)(F)F)ccc2Cl)c(OC)c1. The molecule has 2 rings (SSSR count). The lowest BCUT2D eigenvalue weighted by atomic mass is 10.2. The number of benzene rings is 2. The summed E-state index contributed by atoms with van der Waals surface area (Å²) < 4.78 is 53.4. The first-order chi connectivity index (χ1) is 15.5. The van der Waals surface area contributed by atoms with Crippen LogP contribution in [-0.2, 0) is 25.3 Å². The summed E-state index contributed by atoms with van der Waals surface area (Å²) in [6.07, 6.45) is -5.40. The van der Waals surface area contributed by atoms with Crippen LogP contribution in [0.15, 0.2) is 36.4 Å². The topological polar surface area (TPSA) is 103 Å². The molecule has 33 heavy (non-hydrogen) atoms. The second-order valence-corrected chi connectivity index (χ2v) is 6.92. The van der Waals surface area contributed by atoms with Gasteiger partial charge in [-0.25, -0.2) is 0 Å². The first-order valence-electron chi connectivity index (χ1n) is 9.37. The third-order valence-corrected chi connectivity index (χ3v) is 4.50. The van der Waals surface area contributed by atoms with Crippen molar-refractivity contribution in [2.75, 3.05) is 31.5 Å². The summed E-state index contributed by atoms with van der Waals surface area (Å²) >= 11 is 5.81. The summed E-state index contributed by atoms with van der Waals surface area (Å²) in [6.45, 7) is -0.616. The molecule has 0 fully saturated rings. The fourth-order valence-electron chi connectivity index (χ4n) is 2.53. The van der Waals surface area contributed by atoms with Crippen molar-refractivity contribution in [3.63, 3.8) is 0 Å². The Bertz CT molecular complexity index is 1030. The van der Waals surface area contributed by atoms with E-state index in [-0.39, 0.29) is 17.1 Å². The molecular formula is C21H20ClF3N2O6. The molecule has 0 heterocycles. The third-order valence-electron chi connectivity index (χ3n) is 4.17. The van der Waals surface area contributed by atoms with Crippen LogP contribution in [0.5, 0.6) is 11.5 Å². The highest BCUT2D eigenvalue weighted by Gasteiger charge is 2.31.